The van der Waals surface area contributed by atoms with Crippen LogP contribution in [0, 0.1) is 5.82 Å². The fourth-order valence-electron chi connectivity index (χ4n) is 2.07. The van der Waals surface area contributed by atoms with Crippen LogP contribution in [-0.2, 0) is 10.0 Å². The number of halogens is 1. The van der Waals surface area contributed by atoms with Gasteiger partial charge < -0.3 is 0 Å². The van der Waals surface area contributed by atoms with E-state index in [0.29, 0.717) is 17.0 Å². The highest BCUT2D eigenvalue weighted by atomic mass is 32.2. The molecule has 0 atom stereocenters. The number of nitrogens with zero attached hydrogens (tertiary/aromatic N) is 3. The van der Waals surface area contributed by atoms with Gasteiger partial charge in [-0.25, -0.2) is 4.39 Å². The molecule has 1 amide bonds. The van der Waals surface area contributed by atoms with Gasteiger partial charge in [0.15, 0.2) is 0 Å². The van der Waals surface area contributed by atoms with Crippen LogP contribution in [0.4, 0.5) is 15.2 Å². The van der Waals surface area contributed by atoms with Crippen molar-refractivity contribution >= 4 is 38.1 Å². The van der Waals surface area contributed by atoms with Crippen LogP contribution >= 0.6 is 11.3 Å². The first-order valence-corrected chi connectivity index (χ1v) is 9.58. The highest BCUT2D eigenvalue weighted by Crippen LogP contribution is 2.26. The number of anilines is 2. The molecule has 0 radical (unpaired) electrons. The Morgan fingerprint density at radius 2 is 1.73 bits per heavy atom. The second-order valence-corrected chi connectivity index (χ2v) is 8.24. The summed E-state index contributed by atoms with van der Waals surface area (Å²) in [4.78, 5) is 12.1. The lowest BCUT2D eigenvalue weighted by Crippen LogP contribution is -2.26. The van der Waals surface area contributed by atoms with Gasteiger partial charge in [-0.3, -0.25) is 14.4 Å². The normalized spacial score (nSPS) is 11.2. The molecule has 0 unspecified atom stereocenters. The molecule has 0 spiro atoms. The molecule has 0 saturated heterocycles. The Morgan fingerprint density at radius 3 is 2.42 bits per heavy atom. The molecular weight excluding hydrogens is 379 g/mol. The van der Waals surface area contributed by atoms with Crippen LogP contribution in [0.1, 0.15) is 10.4 Å². The number of nitrogens with one attached hydrogen (secondary N) is 1. The van der Waals surface area contributed by atoms with Gasteiger partial charge in [0.25, 0.3) is 20.3 Å². The van der Waals surface area contributed by atoms with E-state index in [9.17, 15) is 17.6 Å². The lowest BCUT2D eigenvalue weighted by Gasteiger charge is -2.16. The molecule has 10 heteroatoms. The van der Waals surface area contributed by atoms with E-state index in [2.05, 4.69) is 15.5 Å². The Morgan fingerprint density at radius 1 is 1.08 bits per heavy atom. The maximum absolute atomic E-state index is 13.6. The number of aromatic nitrogens is 2. The molecular formula is C16H13FN4O3S2. The summed E-state index contributed by atoms with van der Waals surface area (Å²) in [6.07, 6.45) is 0. The van der Waals surface area contributed by atoms with Crippen LogP contribution in [0.5, 0.6) is 0 Å². The summed E-state index contributed by atoms with van der Waals surface area (Å²) in [5.74, 6) is -1.43. The first-order chi connectivity index (χ1) is 12.4. The summed E-state index contributed by atoms with van der Waals surface area (Å²) >= 11 is 0.685. The molecule has 0 aliphatic carbocycles. The molecule has 7 nitrogen and oxygen atoms in total. The number of sulfonamides is 1. The molecule has 0 aliphatic heterocycles. The number of hydrogen-bond donors (Lipinski definition) is 1. The number of amides is 1. The predicted octanol–water partition coefficient (Wildman–Crippen LogP) is 2.75. The Bertz CT molecular complexity index is 1040. The third kappa shape index (κ3) is 3.55. The number of carbonyl (C=O) groups excluding carboxylic acids is 1. The smallest absolute Gasteiger partial charge is 0.293 e. The molecule has 1 N–H and O–H groups in total. The van der Waals surface area contributed by atoms with Gasteiger partial charge in [0.05, 0.1) is 11.3 Å². The molecule has 2 aromatic carbocycles. The van der Waals surface area contributed by atoms with E-state index < -0.39 is 21.7 Å². The number of rotatable bonds is 5. The molecule has 134 valence electrons. The molecule has 3 aromatic rings. The Hall–Kier alpha value is -2.85. The fraction of sp³-hybridized carbons (Fsp3) is 0.0625. The minimum Gasteiger partial charge on any atom is -0.296 e. The fourth-order valence-corrected chi connectivity index (χ4v) is 4.31. The Kier molecular flexibility index (Phi) is 4.96. The molecule has 26 heavy (non-hydrogen) atoms. The Labute approximate surface area is 153 Å². The first-order valence-electron chi connectivity index (χ1n) is 7.33. The van der Waals surface area contributed by atoms with Gasteiger partial charge in [-0.15, -0.1) is 10.2 Å². The average molecular weight is 392 g/mol. The van der Waals surface area contributed by atoms with Gasteiger partial charge in [-0.05, 0) is 24.3 Å². The number of carbonyl (C=O) groups is 1. The van der Waals surface area contributed by atoms with E-state index in [1.165, 1.54) is 25.2 Å². The predicted molar refractivity (Wildman–Crippen MR) is 96.3 cm³/mol. The lowest BCUT2D eigenvalue weighted by molar-refractivity contribution is 0.102. The number of hydrogen-bond acceptors (Lipinski definition) is 6. The van der Waals surface area contributed by atoms with E-state index in [4.69, 9.17) is 0 Å². The van der Waals surface area contributed by atoms with E-state index in [1.54, 1.807) is 30.3 Å². The minimum absolute atomic E-state index is 0.0433. The van der Waals surface area contributed by atoms with Gasteiger partial charge >= 0.3 is 0 Å². The van der Waals surface area contributed by atoms with E-state index in [0.717, 1.165) is 10.4 Å². The summed E-state index contributed by atoms with van der Waals surface area (Å²) in [5, 5.41) is 9.61. The summed E-state index contributed by atoms with van der Waals surface area (Å²) in [7, 11) is -2.53. The third-order valence-corrected chi connectivity index (χ3v) is 6.42. The molecule has 3 rings (SSSR count). The van der Waals surface area contributed by atoms with Gasteiger partial charge in [0.2, 0.25) is 5.13 Å². The van der Waals surface area contributed by atoms with Crippen molar-refractivity contribution in [2.75, 3.05) is 16.7 Å². The van der Waals surface area contributed by atoms with Crippen molar-refractivity contribution < 1.29 is 17.6 Å². The van der Waals surface area contributed by atoms with Crippen molar-refractivity contribution in [1.29, 1.82) is 0 Å². The highest BCUT2D eigenvalue weighted by Gasteiger charge is 2.26. The zero-order valence-electron chi connectivity index (χ0n) is 13.5. The van der Waals surface area contributed by atoms with Crippen molar-refractivity contribution in [3.8, 4) is 0 Å². The molecule has 1 heterocycles. The summed E-state index contributed by atoms with van der Waals surface area (Å²) in [5.41, 5.74) is 0.285. The second kappa shape index (κ2) is 7.18. The first kappa shape index (κ1) is 18.0. The SMILES string of the molecule is CN(c1ccccc1)S(=O)(=O)c1nnc(NC(=O)c2ccccc2F)s1. The van der Waals surface area contributed by atoms with Gasteiger partial charge in [-0.2, -0.15) is 8.42 Å². The maximum atomic E-state index is 13.6. The van der Waals surface area contributed by atoms with Crippen LogP contribution < -0.4 is 9.62 Å². The number of benzene rings is 2. The Balaban J connectivity index is 1.81. The lowest BCUT2D eigenvalue weighted by atomic mass is 10.2. The van der Waals surface area contributed by atoms with Crippen LogP contribution in [0.25, 0.3) is 0 Å². The van der Waals surface area contributed by atoms with Gasteiger partial charge in [-0.1, -0.05) is 41.7 Å². The van der Waals surface area contributed by atoms with Crippen LogP contribution in [-0.4, -0.2) is 31.6 Å². The van der Waals surface area contributed by atoms with E-state index in [1.807, 2.05) is 0 Å². The standard InChI is InChI=1S/C16H13FN4O3S2/c1-21(11-7-3-2-4-8-11)26(23,24)16-20-19-15(25-16)18-14(22)12-9-5-6-10-13(12)17/h2-10H,1H3,(H,18,19,22). The van der Waals surface area contributed by atoms with Crippen molar-refractivity contribution in [3.63, 3.8) is 0 Å². The van der Waals surface area contributed by atoms with E-state index in [-0.39, 0.29) is 15.0 Å². The van der Waals surface area contributed by atoms with Gasteiger partial charge in [0.1, 0.15) is 5.82 Å². The van der Waals surface area contributed by atoms with Crippen molar-refractivity contribution in [3.05, 3.63) is 66.0 Å². The van der Waals surface area contributed by atoms with Crippen molar-refractivity contribution in [2.24, 2.45) is 0 Å². The minimum atomic E-state index is -3.93. The summed E-state index contributed by atoms with van der Waals surface area (Å²) < 4.78 is 39.6. The third-order valence-electron chi connectivity index (χ3n) is 3.45. The quantitative estimate of drug-likeness (QED) is 0.674. The zero-order chi connectivity index (χ0) is 18.7. The van der Waals surface area contributed by atoms with E-state index >= 15 is 0 Å². The van der Waals surface area contributed by atoms with Crippen LogP contribution in [0.3, 0.4) is 0 Å². The highest BCUT2D eigenvalue weighted by molar-refractivity contribution is 7.94. The van der Waals surface area contributed by atoms with Crippen LogP contribution in [0.15, 0.2) is 58.9 Å². The molecule has 0 fully saturated rings. The van der Waals surface area contributed by atoms with Crippen LogP contribution in [0.2, 0.25) is 0 Å². The zero-order valence-corrected chi connectivity index (χ0v) is 15.1. The van der Waals surface area contributed by atoms with Crippen molar-refractivity contribution in [2.45, 2.75) is 4.34 Å². The number of para-hydroxylation sites is 1. The molecule has 1 aromatic heterocycles. The monoisotopic (exact) mass is 392 g/mol. The largest absolute Gasteiger partial charge is 0.296 e. The topological polar surface area (TPSA) is 92.3 Å². The second-order valence-electron chi connectivity index (χ2n) is 5.12. The summed E-state index contributed by atoms with van der Waals surface area (Å²) in [6.45, 7) is 0. The van der Waals surface area contributed by atoms with Gasteiger partial charge in [0, 0.05) is 7.05 Å². The molecule has 0 saturated carbocycles. The molecule has 0 bridgehead atoms. The maximum Gasteiger partial charge on any atom is 0.293 e. The molecule has 0 aliphatic rings. The van der Waals surface area contributed by atoms with Crippen molar-refractivity contribution in [1.82, 2.24) is 10.2 Å². The average Bonchev–Trinajstić information content (AvgIpc) is 3.11. The summed E-state index contributed by atoms with van der Waals surface area (Å²) in [6, 6.07) is 13.9.